The van der Waals surface area contributed by atoms with Crippen molar-refractivity contribution in [3.63, 3.8) is 0 Å². The second kappa shape index (κ2) is 4.35. The molecule has 4 rings (SSSR count). The first-order valence-corrected chi connectivity index (χ1v) is 6.34. The Bertz CT molecular complexity index is 842. The third kappa shape index (κ3) is 1.70. The van der Waals surface area contributed by atoms with Gasteiger partial charge in [0, 0.05) is 17.4 Å². The van der Waals surface area contributed by atoms with Crippen molar-refractivity contribution in [3.8, 4) is 16.8 Å². The molecule has 0 unspecified atom stereocenters. The summed E-state index contributed by atoms with van der Waals surface area (Å²) in [6.07, 6.45) is 5.54. The number of rotatable bonds is 2. The summed E-state index contributed by atoms with van der Waals surface area (Å²) in [4.78, 5) is 4.40. The van der Waals surface area contributed by atoms with Crippen molar-refractivity contribution < 1.29 is 0 Å². The van der Waals surface area contributed by atoms with Crippen molar-refractivity contribution >= 4 is 11.0 Å². The van der Waals surface area contributed by atoms with Crippen LogP contribution in [0.3, 0.4) is 0 Å². The highest BCUT2D eigenvalue weighted by Gasteiger charge is 2.04. The van der Waals surface area contributed by atoms with Crippen molar-refractivity contribution in [1.82, 2.24) is 19.7 Å². The van der Waals surface area contributed by atoms with Crippen molar-refractivity contribution in [2.24, 2.45) is 0 Å². The quantitative estimate of drug-likeness (QED) is 0.601. The number of nitrogens with zero attached hydrogens (tertiary/aromatic N) is 3. The third-order valence-corrected chi connectivity index (χ3v) is 3.37. The van der Waals surface area contributed by atoms with Crippen LogP contribution in [0.4, 0.5) is 0 Å². The van der Waals surface area contributed by atoms with Gasteiger partial charge in [-0.1, -0.05) is 18.2 Å². The lowest BCUT2D eigenvalue weighted by Crippen LogP contribution is -1.91. The summed E-state index contributed by atoms with van der Waals surface area (Å²) in [5.41, 5.74) is 5.34. The van der Waals surface area contributed by atoms with E-state index in [1.807, 2.05) is 36.9 Å². The molecule has 1 N–H and O–H groups in total. The molecule has 4 nitrogen and oxygen atoms in total. The van der Waals surface area contributed by atoms with Crippen molar-refractivity contribution in [2.45, 2.75) is 0 Å². The Labute approximate surface area is 115 Å². The highest BCUT2D eigenvalue weighted by molar-refractivity contribution is 5.77. The number of aromatic amines is 1. The molecule has 0 fully saturated rings. The number of fused-ring (bicyclic) bond motifs is 1. The molecule has 4 heteroatoms. The molecule has 2 aromatic heterocycles. The monoisotopic (exact) mass is 259 g/mol. The second-order valence-electron chi connectivity index (χ2n) is 4.56. The molecule has 0 aliphatic carbocycles. The van der Waals surface area contributed by atoms with Crippen LogP contribution in [0.5, 0.6) is 0 Å². The molecule has 95 valence electrons. The van der Waals surface area contributed by atoms with Gasteiger partial charge in [0.05, 0.1) is 17.2 Å². The summed E-state index contributed by atoms with van der Waals surface area (Å²) in [7, 11) is 0. The Morgan fingerprint density at radius 1 is 1.05 bits per heavy atom. The topological polar surface area (TPSA) is 46.5 Å². The van der Waals surface area contributed by atoms with Gasteiger partial charge >= 0.3 is 0 Å². The fourth-order valence-electron chi connectivity index (χ4n) is 2.33. The van der Waals surface area contributed by atoms with Gasteiger partial charge in [-0.05, 0) is 35.9 Å². The van der Waals surface area contributed by atoms with Gasteiger partial charge in [-0.25, -0.2) is 4.98 Å². The van der Waals surface area contributed by atoms with Crippen LogP contribution in [0, 0.1) is 6.07 Å². The van der Waals surface area contributed by atoms with Gasteiger partial charge in [-0.15, -0.1) is 0 Å². The molecule has 2 heterocycles. The number of nitrogens with one attached hydrogen (secondary N) is 1. The lowest BCUT2D eigenvalue weighted by Gasteiger charge is -2.05. The van der Waals surface area contributed by atoms with Crippen molar-refractivity contribution in [2.75, 3.05) is 0 Å². The minimum Gasteiger partial charge on any atom is -0.299 e. The summed E-state index contributed by atoms with van der Waals surface area (Å²) in [6, 6.07) is 17.2. The molecule has 1 radical (unpaired) electrons. The van der Waals surface area contributed by atoms with Crippen LogP contribution in [0.1, 0.15) is 0 Å². The Morgan fingerprint density at radius 3 is 2.75 bits per heavy atom. The minimum absolute atomic E-state index is 0.975. The summed E-state index contributed by atoms with van der Waals surface area (Å²) >= 11 is 0. The molecule has 0 aliphatic rings. The zero-order valence-electron chi connectivity index (χ0n) is 10.6. The van der Waals surface area contributed by atoms with Gasteiger partial charge < -0.3 is 0 Å². The maximum absolute atomic E-state index is 4.40. The van der Waals surface area contributed by atoms with E-state index in [4.69, 9.17) is 0 Å². The minimum atomic E-state index is 0.975. The van der Waals surface area contributed by atoms with Crippen LogP contribution in [-0.2, 0) is 0 Å². The zero-order chi connectivity index (χ0) is 13.4. The van der Waals surface area contributed by atoms with Crippen LogP contribution < -0.4 is 0 Å². The SMILES string of the molecule is [c]1ccc2ncn(-c3ccc(-c4cn[nH]c4)cc3)c2c1. The van der Waals surface area contributed by atoms with E-state index in [2.05, 4.69) is 50.1 Å². The van der Waals surface area contributed by atoms with Gasteiger partial charge in [-0.3, -0.25) is 9.67 Å². The molecule has 0 spiro atoms. The maximum atomic E-state index is 4.40. The number of imidazole rings is 1. The number of hydrogen-bond acceptors (Lipinski definition) is 2. The van der Waals surface area contributed by atoms with E-state index in [0.29, 0.717) is 0 Å². The highest BCUT2D eigenvalue weighted by atomic mass is 15.1. The number of hydrogen-bond donors (Lipinski definition) is 1. The van der Waals surface area contributed by atoms with Crippen LogP contribution in [0.2, 0.25) is 0 Å². The van der Waals surface area contributed by atoms with Gasteiger partial charge in [-0.2, -0.15) is 5.10 Å². The average Bonchev–Trinajstić information content (AvgIpc) is 3.17. The first-order valence-electron chi connectivity index (χ1n) is 6.34. The summed E-state index contributed by atoms with van der Waals surface area (Å²) in [5, 5.41) is 6.79. The molecule has 20 heavy (non-hydrogen) atoms. The Kier molecular flexibility index (Phi) is 2.39. The Hall–Kier alpha value is -2.88. The smallest absolute Gasteiger partial charge is 0.100 e. The van der Waals surface area contributed by atoms with E-state index < -0.39 is 0 Å². The van der Waals surface area contributed by atoms with Gasteiger partial charge in [0.15, 0.2) is 0 Å². The zero-order valence-corrected chi connectivity index (χ0v) is 10.6. The molecule has 0 saturated heterocycles. The highest BCUT2D eigenvalue weighted by Crippen LogP contribution is 2.22. The lowest BCUT2D eigenvalue weighted by molar-refractivity contribution is 1.09. The lowest BCUT2D eigenvalue weighted by atomic mass is 10.1. The first-order chi connectivity index (χ1) is 9.92. The van der Waals surface area contributed by atoms with Gasteiger partial charge in [0.25, 0.3) is 0 Å². The molecule has 2 aromatic carbocycles. The molecule has 0 amide bonds. The van der Waals surface area contributed by atoms with E-state index in [1.54, 1.807) is 0 Å². The van der Waals surface area contributed by atoms with Gasteiger partial charge in [0.2, 0.25) is 0 Å². The van der Waals surface area contributed by atoms with E-state index in [0.717, 1.165) is 27.8 Å². The molecule has 0 aliphatic heterocycles. The second-order valence-corrected chi connectivity index (χ2v) is 4.56. The van der Waals surface area contributed by atoms with E-state index in [9.17, 15) is 0 Å². The molecular formula is C16H11N4. The fraction of sp³-hybridized carbons (Fsp3) is 0. The summed E-state index contributed by atoms with van der Waals surface area (Å²) < 4.78 is 2.06. The summed E-state index contributed by atoms with van der Waals surface area (Å²) in [5.74, 6) is 0. The first kappa shape index (κ1) is 11.0. The normalized spacial score (nSPS) is 11.0. The van der Waals surface area contributed by atoms with Crippen LogP contribution in [-0.4, -0.2) is 19.7 Å². The standard InChI is InChI=1S/C16H11N4/c1-2-4-16-15(3-1)17-11-20(16)14-7-5-12(6-8-14)13-9-18-19-10-13/h1,3-11H,(H,18,19). The van der Waals surface area contributed by atoms with E-state index in [-0.39, 0.29) is 0 Å². The number of H-pyrrole nitrogens is 1. The Morgan fingerprint density at radius 2 is 1.95 bits per heavy atom. The third-order valence-electron chi connectivity index (χ3n) is 3.37. The molecule has 4 aromatic rings. The largest absolute Gasteiger partial charge is 0.299 e. The average molecular weight is 259 g/mol. The van der Waals surface area contributed by atoms with E-state index in [1.165, 1.54) is 0 Å². The van der Waals surface area contributed by atoms with E-state index >= 15 is 0 Å². The Balaban J connectivity index is 1.79. The summed E-state index contributed by atoms with van der Waals surface area (Å²) in [6.45, 7) is 0. The van der Waals surface area contributed by atoms with Crippen LogP contribution in [0.25, 0.3) is 27.8 Å². The van der Waals surface area contributed by atoms with Crippen LogP contribution >= 0.6 is 0 Å². The molecule has 0 atom stereocenters. The van der Waals surface area contributed by atoms with Crippen molar-refractivity contribution in [3.05, 3.63) is 67.3 Å². The molecule has 0 saturated carbocycles. The number of benzene rings is 2. The van der Waals surface area contributed by atoms with Crippen molar-refractivity contribution in [1.29, 1.82) is 0 Å². The van der Waals surface area contributed by atoms with Crippen LogP contribution in [0.15, 0.2) is 61.2 Å². The fourth-order valence-corrected chi connectivity index (χ4v) is 2.33. The number of aromatic nitrogens is 4. The van der Waals surface area contributed by atoms with Gasteiger partial charge in [0.1, 0.15) is 6.33 Å². The molecule has 0 bridgehead atoms. The molecular weight excluding hydrogens is 248 g/mol. The predicted octanol–water partition coefficient (Wildman–Crippen LogP) is 3.22. The maximum Gasteiger partial charge on any atom is 0.100 e. The predicted molar refractivity (Wildman–Crippen MR) is 77.5 cm³/mol.